The molecule has 0 atom stereocenters. The SMILES string of the molecule is CN(C)CCn1ncc(Cl)c1C(=O)COCC(F)(F)F. The van der Waals surface area contributed by atoms with Crippen LogP contribution in [0.4, 0.5) is 13.2 Å². The number of likely N-dealkylation sites (N-methyl/N-ethyl adjacent to an activating group) is 1. The maximum absolute atomic E-state index is 11.9. The van der Waals surface area contributed by atoms with Gasteiger partial charge in [0.25, 0.3) is 0 Å². The Labute approximate surface area is 119 Å². The third kappa shape index (κ3) is 5.48. The average molecular weight is 314 g/mol. The molecule has 0 radical (unpaired) electrons. The Kier molecular flexibility index (Phi) is 5.97. The van der Waals surface area contributed by atoms with Crippen LogP contribution in [0, 0.1) is 0 Å². The molecule has 0 N–H and O–H groups in total. The van der Waals surface area contributed by atoms with Crippen molar-refractivity contribution in [3.63, 3.8) is 0 Å². The van der Waals surface area contributed by atoms with Gasteiger partial charge in [0.15, 0.2) is 0 Å². The number of aromatic nitrogens is 2. The molecule has 1 aromatic rings. The quantitative estimate of drug-likeness (QED) is 0.721. The van der Waals surface area contributed by atoms with Crippen LogP contribution in [0.25, 0.3) is 0 Å². The van der Waals surface area contributed by atoms with Crippen LogP contribution in [-0.2, 0) is 11.3 Å². The maximum atomic E-state index is 11.9. The van der Waals surface area contributed by atoms with Crippen LogP contribution >= 0.6 is 11.6 Å². The number of hydrogen-bond acceptors (Lipinski definition) is 4. The van der Waals surface area contributed by atoms with Gasteiger partial charge in [-0.1, -0.05) is 11.6 Å². The predicted octanol–water partition coefficient (Wildman–Crippen LogP) is 1.86. The Hall–Kier alpha value is -1.12. The summed E-state index contributed by atoms with van der Waals surface area (Å²) in [4.78, 5) is 13.7. The van der Waals surface area contributed by atoms with E-state index in [1.807, 2.05) is 19.0 Å². The highest BCUT2D eigenvalue weighted by Crippen LogP contribution is 2.17. The van der Waals surface area contributed by atoms with E-state index < -0.39 is 25.2 Å². The highest BCUT2D eigenvalue weighted by atomic mass is 35.5. The van der Waals surface area contributed by atoms with E-state index in [2.05, 4.69) is 9.84 Å². The van der Waals surface area contributed by atoms with E-state index in [9.17, 15) is 18.0 Å². The second-order valence-corrected chi connectivity index (χ2v) is 4.81. The molecule has 114 valence electrons. The standard InChI is InChI=1S/C11H15ClF3N3O2/c1-17(2)3-4-18-10(8(12)5-16-18)9(19)6-20-7-11(13,14)15/h5H,3-4,6-7H2,1-2H3. The second-order valence-electron chi connectivity index (χ2n) is 4.40. The number of halogens is 4. The topological polar surface area (TPSA) is 47.4 Å². The van der Waals surface area contributed by atoms with Gasteiger partial charge in [0.1, 0.15) is 18.9 Å². The third-order valence-electron chi connectivity index (χ3n) is 2.32. The van der Waals surface area contributed by atoms with Crippen LogP contribution in [0.1, 0.15) is 10.5 Å². The Morgan fingerprint density at radius 1 is 1.50 bits per heavy atom. The van der Waals surface area contributed by atoms with Crippen LogP contribution in [0.15, 0.2) is 6.20 Å². The molecule has 0 spiro atoms. The Morgan fingerprint density at radius 2 is 2.15 bits per heavy atom. The first kappa shape index (κ1) is 16.9. The molecule has 0 amide bonds. The number of Topliss-reactive ketones (excluding diaryl/α,β-unsaturated/α-hetero) is 1. The lowest BCUT2D eigenvalue weighted by molar-refractivity contribution is -0.170. The highest BCUT2D eigenvalue weighted by Gasteiger charge is 2.28. The van der Waals surface area contributed by atoms with Gasteiger partial charge < -0.3 is 9.64 Å². The smallest absolute Gasteiger partial charge is 0.364 e. The van der Waals surface area contributed by atoms with Gasteiger partial charge in [0.05, 0.1) is 17.8 Å². The number of hydrogen-bond donors (Lipinski definition) is 0. The van der Waals surface area contributed by atoms with Crippen LogP contribution in [0.5, 0.6) is 0 Å². The van der Waals surface area contributed by atoms with Crippen LogP contribution < -0.4 is 0 Å². The second kappa shape index (κ2) is 7.05. The summed E-state index contributed by atoms with van der Waals surface area (Å²) >= 11 is 5.83. The summed E-state index contributed by atoms with van der Waals surface area (Å²) in [6, 6.07) is 0. The van der Waals surface area contributed by atoms with Crippen molar-refractivity contribution in [2.75, 3.05) is 33.9 Å². The number of ketones is 1. The van der Waals surface area contributed by atoms with E-state index in [4.69, 9.17) is 11.6 Å². The molecular weight excluding hydrogens is 299 g/mol. The number of carbonyl (C=O) groups is 1. The van der Waals surface area contributed by atoms with Crippen LogP contribution in [-0.4, -0.2) is 60.5 Å². The summed E-state index contributed by atoms with van der Waals surface area (Å²) in [5, 5.41) is 4.03. The molecule has 0 aromatic carbocycles. The molecule has 5 nitrogen and oxygen atoms in total. The average Bonchev–Trinajstić information content (AvgIpc) is 2.66. The van der Waals surface area contributed by atoms with Crippen molar-refractivity contribution in [1.29, 1.82) is 0 Å². The highest BCUT2D eigenvalue weighted by molar-refractivity contribution is 6.33. The molecule has 0 aliphatic heterocycles. The minimum atomic E-state index is -4.46. The Balaban J connectivity index is 2.65. The zero-order chi connectivity index (χ0) is 15.3. The molecular formula is C11H15ClF3N3O2. The van der Waals surface area contributed by atoms with Crippen molar-refractivity contribution < 1.29 is 22.7 Å². The van der Waals surface area contributed by atoms with Crippen molar-refractivity contribution in [3.05, 3.63) is 16.9 Å². The third-order valence-corrected chi connectivity index (χ3v) is 2.59. The van der Waals surface area contributed by atoms with Gasteiger partial charge in [0, 0.05) is 6.54 Å². The van der Waals surface area contributed by atoms with E-state index in [0.29, 0.717) is 13.1 Å². The molecule has 0 aliphatic rings. The van der Waals surface area contributed by atoms with Crippen LogP contribution in [0.3, 0.4) is 0 Å². The van der Waals surface area contributed by atoms with E-state index in [1.165, 1.54) is 10.9 Å². The fourth-order valence-electron chi connectivity index (χ4n) is 1.43. The largest absolute Gasteiger partial charge is 0.411 e. The summed E-state index contributed by atoms with van der Waals surface area (Å²) < 4.78 is 41.5. The van der Waals surface area contributed by atoms with E-state index >= 15 is 0 Å². The number of rotatable bonds is 7. The molecule has 1 aromatic heterocycles. The van der Waals surface area contributed by atoms with Crippen molar-refractivity contribution in [1.82, 2.24) is 14.7 Å². The minimum Gasteiger partial charge on any atom is -0.364 e. The first-order valence-electron chi connectivity index (χ1n) is 5.74. The number of nitrogens with zero attached hydrogens (tertiary/aromatic N) is 3. The van der Waals surface area contributed by atoms with Gasteiger partial charge in [-0.3, -0.25) is 9.48 Å². The minimum absolute atomic E-state index is 0.0655. The zero-order valence-corrected chi connectivity index (χ0v) is 11.8. The molecule has 0 saturated heterocycles. The molecule has 0 saturated carbocycles. The lowest BCUT2D eigenvalue weighted by atomic mass is 10.3. The zero-order valence-electron chi connectivity index (χ0n) is 11.1. The van der Waals surface area contributed by atoms with Gasteiger partial charge in [-0.2, -0.15) is 18.3 Å². The van der Waals surface area contributed by atoms with Crippen molar-refractivity contribution >= 4 is 17.4 Å². The Morgan fingerprint density at radius 3 is 2.70 bits per heavy atom. The summed E-state index contributed by atoms with van der Waals surface area (Å²) in [5.41, 5.74) is 0.0655. The van der Waals surface area contributed by atoms with Crippen molar-refractivity contribution in [3.8, 4) is 0 Å². The molecule has 20 heavy (non-hydrogen) atoms. The van der Waals surface area contributed by atoms with Gasteiger partial charge in [-0.15, -0.1) is 0 Å². The normalized spacial score (nSPS) is 12.2. The predicted molar refractivity (Wildman–Crippen MR) is 67.0 cm³/mol. The van der Waals surface area contributed by atoms with E-state index in [0.717, 1.165) is 0 Å². The monoisotopic (exact) mass is 313 g/mol. The molecule has 0 aliphatic carbocycles. The first-order valence-corrected chi connectivity index (χ1v) is 6.12. The summed E-state index contributed by atoms with van der Waals surface area (Å²) in [5.74, 6) is -0.629. The molecule has 0 fully saturated rings. The number of carbonyl (C=O) groups excluding carboxylic acids is 1. The van der Waals surface area contributed by atoms with Crippen LogP contribution in [0.2, 0.25) is 5.02 Å². The lowest BCUT2D eigenvalue weighted by Crippen LogP contribution is -2.24. The molecule has 0 unspecified atom stereocenters. The van der Waals surface area contributed by atoms with Gasteiger partial charge in [-0.25, -0.2) is 0 Å². The lowest BCUT2D eigenvalue weighted by Gasteiger charge is -2.12. The molecule has 9 heteroatoms. The van der Waals surface area contributed by atoms with E-state index in [-0.39, 0.29) is 10.7 Å². The molecule has 1 rings (SSSR count). The summed E-state index contributed by atoms with van der Waals surface area (Å²) in [6.07, 6.45) is -3.18. The van der Waals surface area contributed by atoms with Crippen molar-refractivity contribution in [2.45, 2.75) is 12.7 Å². The van der Waals surface area contributed by atoms with Gasteiger partial charge >= 0.3 is 6.18 Å². The number of ether oxygens (including phenoxy) is 1. The van der Waals surface area contributed by atoms with Gasteiger partial charge in [-0.05, 0) is 14.1 Å². The molecule has 1 heterocycles. The first-order chi connectivity index (χ1) is 9.20. The Bertz CT molecular complexity index is 460. The maximum Gasteiger partial charge on any atom is 0.411 e. The number of alkyl halides is 3. The van der Waals surface area contributed by atoms with E-state index in [1.54, 1.807) is 0 Å². The molecule has 0 bridgehead atoms. The fourth-order valence-corrected chi connectivity index (χ4v) is 1.68. The van der Waals surface area contributed by atoms with Gasteiger partial charge in [0.2, 0.25) is 5.78 Å². The summed E-state index contributed by atoms with van der Waals surface area (Å²) in [6.45, 7) is -1.14. The van der Waals surface area contributed by atoms with Crippen molar-refractivity contribution in [2.24, 2.45) is 0 Å². The summed E-state index contributed by atoms with van der Waals surface area (Å²) in [7, 11) is 3.69. The fraction of sp³-hybridized carbons (Fsp3) is 0.636.